The SMILES string of the molecule is CCCCn1nc2c(c1N)CC(C(C)C)CC2. The van der Waals surface area contributed by atoms with Gasteiger partial charge in [-0.15, -0.1) is 0 Å². The molecular formula is C14H25N3. The van der Waals surface area contributed by atoms with Crippen LogP contribution in [0.2, 0.25) is 0 Å². The molecule has 17 heavy (non-hydrogen) atoms. The van der Waals surface area contributed by atoms with Gasteiger partial charge < -0.3 is 5.73 Å². The first kappa shape index (κ1) is 12.5. The number of hydrogen-bond donors (Lipinski definition) is 1. The van der Waals surface area contributed by atoms with Crippen LogP contribution in [-0.4, -0.2) is 9.78 Å². The van der Waals surface area contributed by atoms with E-state index in [2.05, 4.69) is 25.9 Å². The average molecular weight is 235 g/mol. The number of anilines is 1. The fourth-order valence-corrected chi connectivity index (χ4v) is 2.72. The van der Waals surface area contributed by atoms with Crippen molar-refractivity contribution in [3.05, 3.63) is 11.3 Å². The van der Waals surface area contributed by atoms with Gasteiger partial charge in [0.2, 0.25) is 0 Å². The highest BCUT2D eigenvalue weighted by atomic mass is 15.3. The lowest BCUT2D eigenvalue weighted by Gasteiger charge is -2.24. The smallest absolute Gasteiger partial charge is 0.125 e. The standard InChI is InChI=1S/C14H25N3/c1-4-5-8-17-14(15)12-9-11(10(2)3)6-7-13(12)16-17/h10-11H,4-9,15H2,1-3H3. The Morgan fingerprint density at radius 1 is 1.47 bits per heavy atom. The van der Waals surface area contributed by atoms with E-state index in [1.807, 2.05) is 4.68 Å². The molecule has 1 aromatic heterocycles. The summed E-state index contributed by atoms with van der Waals surface area (Å²) in [4.78, 5) is 0. The quantitative estimate of drug-likeness (QED) is 0.871. The van der Waals surface area contributed by atoms with Crippen molar-refractivity contribution in [2.45, 2.75) is 59.4 Å². The molecule has 1 aromatic rings. The Hall–Kier alpha value is -0.990. The third-order valence-corrected chi connectivity index (χ3v) is 4.06. The summed E-state index contributed by atoms with van der Waals surface area (Å²) in [5.41, 5.74) is 8.83. The molecular weight excluding hydrogens is 210 g/mol. The second-order valence-electron chi connectivity index (χ2n) is 5.63. The van der Waals surface area contributed by atoms with Crippen LogP contribution >= 0.6 is 0 Å². The van der Waals surface area contributed by atoms with Gasteiger partial charge in [-0.25, -0.2) is 4.68 Å². The molecule has 0 bridgehead atoms. The molecule has 0 aliphatic heterocycles. The Bertz CT molecular complexity index is 379. The molecule has 1 aliphatic carbocycles. The van der Waals surface area contributed by atoms with Crippen LogP contribution in [0.5, 0.6) is 0 Å². The van der Waals surface area contributed by atoms with Gasteiger partial charge in [-0.1, -0.05) is 27.2 Å². The van der Waals surface area contributed by atoms with Crippen molar-refractivity contribution in [1.82, 2.24) is 9.78 Å². The number of hydrogen-bond acceptors (Lipinski definition) is 2. The Morgan fingerprint density at radius 3 is 2.88 bits per heavy atom. The van der Waals surface area contributed by atoms with Crippen molar-refractivity contribution >= 4 is 5.82 Å². The average Bonchev–Trinajstić information content (AvgIpc) is 2.63. The zero-order valence-electron chi connectivity index (χ0n) is 11.4. The summed E-state index contributed by atoms with van der Waals surface area (Å²) in [5, 5.41) is 4.67. The number of aryl methyl sites for hydroxylation is 2. The Kier molecular flexibility index (Phi) is 3.75. The molecule has 0 saturated carbocycles. The summed E-state index contributed by atoms with van der Waals surface area (Å²) in [6, 6.07) is 0. The molecule has 0 amide bonds. The normalized spacial score (nSPS) is 19.6. The fraction of sp³-hybridized carbons (Fsp3) is 0.786. The summed E-state index contributed by atoms with van der Waals surface area (Å²) < 4.78 is 2.02. The summed E-state index contributed by atoms with van der Waals surface area (Å²) in [6.45, 7) is 7.80. The predicted octanol–water partition coefficient (Wildman–Crippen LogP) is 3.03. The number of nitrogens with two attached hydrogens (primary N) is 1. The Balaban J connectivity index is 2.17. The summed E-state index contributed by atoms with van der Waals surface area (Å²) >= 11 is 0. The summed E-state index contributed by atoms with van der Waals surface area (Å²) in [6.07, 6.45) is 5.87. The molecule has 1 aliphatic rings. The van der Waals surface area contributed by atoms with Gasteiger partial charge in [-0.05, 0) is 37.5 Å². The lowest BCUT2D eigenvalue weighted by atomic mass is 9.80. The van der Waals surface area contributed by atoms with Gasteiger partial charge in [0.1, 0.15) is 5.82 Å². The maximum atomic E-state index is 6.23. The van der Waals surface area contributed by atoms with Crippen molar-refractivity contribution < 1.29 is 0 Å². The zero-order valence-corrected chi connectivity index (χ0v) is 11.4. The number of nitrogen functional groups attached to an aromatic ring is 1. The van der Waals surface area contributed by atoms with Crippen molar-refractivity contribution in [2.75, 3.05) is 5.73 Å². The molecule has 0 saturated heterocycles. The third-order valence-electron chi connectivity index (χ3n) is 4.06. The molecule has 0 radical (unpaired) electrons. The lowest BCUT2D eigenvalue weighted by Crippen LogP contribution is -2.19. The lowest BCUT2D eigenvalue weighted by molar-refractivity contribution is 0.342. The van der Waals surface area contributed by atoms with E-state index in [0.717, 1.165) is 37.0 Å². The number of fused-ring (bicyclic) bond motifs is 1. The van der Waals surface area contributed by atoms with Gasteiger partial charge >= 0.3 is 0 Å². The first-order valence-electron chi connectivity index (χ1n) is 6.97. The van der Waals surface area contributed by atoms with Crippen LogP contribution < -0.4 is 5.73 Å². The summed E-state index contributed by atoms with van der Waals surface area (Å²) in [7, 11) is 0. The number of nitrogens with zero attached hydrogens (tertiary/aromatic N) is 2. The van der Waals surface area contributed by atoms with Gasteiger partial charge in [0, 0.05) is 12.1 Å². The van der Waals surface area contributed by atoms with Gasteiger partial charge in [-0.3, -0.25) is 0 Å². The van der Waals surface area contributed by atoms with E-state index >= 15 is 0 Å². The van der Waals surface area contributed by atoms with Crippen LogP contribution in [0.1, 0.15) is 51.3 Å². The number of aromatic nitrogens is 2. The van der Waals surface area contributed by atoms with Crippen molar-refractivity contribution in [1.29, 1.82) is 0 Å². The minimum absolute atomic E-state index is 0.751. The Labute approximate surface area is 104 Å². The maximum Gasteiger partial charge on any atom is 0.125 e. The maximum absolute atomic E-state index is 6.23. The molecule has 3 nitrogen and oxygen atoms in total. The first-order chi connectivity index (χ1) is 8.13. The van der Waals surface area contributed by atoms with E-state index in [4.69, 9.17) is 5.73 Å². The van der Waals surface area contributed by atoms with Crippen LogP contribution in [0, 0.1) is 11.8 Å². The molecule has 0 aromatic carbocycles. The molecule has 0 spiro atoms. The third kappa shape index (κ3) is 2.48. The first-order valence-corrected chi connectivity index (χ1v) is 6.97. The molecule has 0 fully saturated rings. The largest absolute Gasteiger partial charge is 0.384 e. The van der Waals surface area contributed by atoms with E-state index < -0.39 is 0 Å². The molecule has 3 heteroatoms. The van der Waals surface area contributed by atoms with Gasteiger partial charge in [0.05, 0.1) is 5.69 Å². The van der Waals surface area contributed by atoms with Crippen LogP contribution in [0.3, 0.4) is 0 Å². The van der Waals surface area contributed by atoms with Crippen LogP contribution in [-0.2, 0) is 19.4 Å². The molecule has 1 unspecified atom stereocenters. The predicted molar refractivity (Wildman–Crippen MR) is 71.9 cm³/mol. The second-order valence-corrected chi connectivity index (χ2v) is 5.63. The van der Waals surface area contributed by atoms with Crippen LogP contribution in [0.4, 0.5) is 5.82 Å². The van der Waals surface area contributed by atoms with E-state index in [1.54, 1.807) is 0 Å². The molecule has 2 N–H and O–H groups in total. The fourth-order valence-electron chi connectivity index (χ4n) is 2.72. The van der Waals surface area contributed by atoms with E-state index in [0.29, 0.717) is 0 Å². The van der Waals surface area contributed by atoms with Crippen molar-refractivity contribution in [2.24, 2.45) is 11.8 Å². The van der Waals surface area contributed by atoms with E-state index in [9.17, 15) is 0 Å². The molecule has 96 valence electrons. The zero-order chi connectivity index (χ0) is 12.4. The molecule has 2 rings (SSSR count). The van der Waals surface area contributed by atoms with E-state index in [1.165, 1.54) is 30.5 Å². The second kappa shape index (κ2) is 5.11. The topological polar surface area (TPSA) is 43.8 Å². The van der Waals surface area contributed by atoms with Crippen LogP contribution in [0.25, 0.3) is 0 Å². The summed E-state index contributed by atoms with van der Waals surface area (Å²) in [5.74, 6) is 2.47. The van der Waals surface area contributed by atoms with Crippen molar-refractivity contribution in [3.63, 3.8) is 0 Å². The number of unbranched alkanes of at least 4 members (excludes halogenated alkanes) is 1. The van der Waals surface area contributed by atoms with Gasteiger partial charge in [0.25, 0.3) is 0 Å². The van der Waals surface area contributed by atoms with Gasteiger partial charge in [-0.2, -0.15) is 5.10 Å². The minimum atomic E-state index is 0.751. The highest BCUT2D eigenvalue weighted by Gasteiger charge is 2.26. The highest BCUT2D eigenvalue weighted by Crippen LogP contribution is 2.32. The number of rotatable bonds is 4. The molecule has 1 atom stereocenters. The highest BCUT2D eigenvalue weighted by molar-refractivity contribution is 5.45. The van der Waals surface area contributed by atoms with Crippen LogP contribution in [0.15, 0.2) is 0 Å². The van der Waals surface area contributed by atoms with E-state index in [-0.39, 0.29) is 0 Å². The minimum Gasteiger partial charge on any atom is -0.384 e. The van der Waals surface area contributed by atoms with Crippen molar-refractivity contribution in [3.8, 4) is 0 Å². The Morgan fingerprint density at radius 2 is 2.24 bits per heavy atom. The monoisotopic (exact) mass is 235 g/mol. The van der Waals surface area contributed by atoms with Gasteiger partial charge in [0.15, 0.2) is 0 Å². The molecule has 1 heterocycles.